The second-order valence-electron chi connectivity index (χ2n) is 6.79. The molecule has 0 bridgehead atoms. The third-order valence-corrected chi connectivity index (χ3v) is 6.21. The fourth-order valence-electron chi connectivity index (χ4n) is 3.75. The second-order valence-corrected chi connectivity index (χ2v) is 7.90. The number of hydrogen-bond donors (Lipinski definition) is 0. The maximum absolute atomic E-state index is 13.1. The Morgan fingerprint density at radius 3 is 3.00 bits per heavy atom. The fourth-order valence-corrected chi connectivity index (χ4v) is 4.71. The van der Waals surface area contributed by atoms with Crippen LogP contribution in [0.5, 0.6) is 0 Å². The van der Waals surface area contributed by atoms with Crippen LogP contribution in [0.2, 0.25) is 0 Å². The molecule has 0 saturated carbocycles. The van der Waals surface area contributed by atoms with E-state index in [2.05, 4.69) is 22.1 Å². The topological polar surface area (TPSA) is 55.3 Å². The summed E-state index contributed by atoms with van der Waals surface area (Å²) < 4.78 is 6.60. The molecule has 6 heteroatoms. The molecule has 2 aliphatic rings. The van der Waals surface area contributed by atoms with Crippen LogP contribution < -0.4 is 0 Å². The Labute approximate surface area is 161 Å². The van der Waals surface area contributed by atoms with Crippen LogP contribution in [0.25, 0.3) is 15.8 Å². The van der Waals surface area contributed by atoms with E-state index in [1.807, 2.05) is 35.4 Å². The lowest BCUT2D eigenvalue weighted by molar-refractivity contribution is 0.0779. The molecule has 1 amide bonds. The first-order chi connectivity index (χ1) is 13.3. The van der Waals surface area contributed by atoms with Gasteiger partial charge in [-0.15, -0.1) is 11.3 Å². The van der Waals surface area contributed by atoms with Crippen molar-refractivity contribution in [3.8, 4) is 0 Å². The van der Waals surface area contributed by atoms with Crippen LogP contribution in [-0.2, 0) is 17.7 Å². The third-order valence-electron chi connectivity index (χ3n) is 5.11. The number of pyridine rings is 1. The zero-order valence-electron chi connectivity index (χ0n) is 14.9. The predicted octanol–water partition coefficient (Wildman–Crippen LogP) is 3.69. The number of carbonyl (C=O) groups is 1. The molecule has 0 radical (unpaired) electrons. The Morgan fingerprint density at radius 2 is 2.15 bits per heavy atom. The highest BCUT2D eigenvalue weighted by atomic mass is 32.1. The first kappa shape index (κ1) is 16.6. The summed E-state index contributed by atoms with van der Waals surface area (Å²) in [6.07, 6.45) is 5.51. The van der Waals surface area contributed by atoms with Gasteiger partial charge in [0.2, 0.25) is 0 Å². The van der Waals surface area contributed by atoms with Crippen LogP contribution >= 0.6 is 11.3 Å². The number of rotatable bonds is 4. The summed E-state index contributed by atoms with van der Waals surface area (Å²) in [7, 11) is 0. The van der Waals surface area contributed by atoms with E-state index in [-0.39, 0.29) is 5.91 Å². The molecule has 5 nitrogen and oxygen atoms in total. The number of amides is 1. The van der Waals surface area contributed by atoms with Crippen molar-refractivity contribution in [1.29, 1.82) is 0 Å². The average Bonchev–Trinajstić information content (AvgIpc) is 3.27. The molecule has 0 atom stereocenters. The summed E-state index contributed by atoms with van der Waals surface area (Å²) >= 11 is 1.70. The number of carbonyl (C=O) groups excluding carboxylic acids is 1. The summed E-state index contributed by atoms with van der Waals surface area (Å²) in [4.78, 5) is 24.1. The number of hydrogen-bond acceptors (Lipinski definition) is 5. The first-order valence-corrected chi connectivity index (χ1v) is 10.00. The summed E-state index contributed by atoms with van der Waals surface area (Å²) in [5.74, 6) is 0.0848. The molecule has 0 saturated heterocycles. The van der Waals surface area contributed by atoms with Gasteiger partial charge in [-0.05, 0) is 35.8 Å². The van der Waals surface area contributed by atoms with Crippen molar-refractivity contribution in [3.63, 3.8) is 0 Å². The molecular formula is C21H19N3O2S. The molecule has 0 fully saturated rings. The van der Waals surface area contributed by atoms with Crippen molar-refractivity contribution in [2.24, 2.45) is 0 Å². The summed E-state index contributed by atoms with van der Waals surface area (Å²) in [6, 6.07) is 10.1. The molecule has 0 N–H and O–H groups in total. The molecule has 2 aromatic heterocycles. The van der Waals surface area contributed by atoms with Crippen molar-refractivity contribution in [3.05, 3.63) is 64.4 Å². The van der Waals surface area contributed by atoms with Crippen LogP contribution in [0.3, 0.4) is 0 Å². The minimum absolute atomic E-state index is 0.0848. The van der Waals surface area contributed by atoms with Crippen molar-refractivity contribution >= 4 is 33.0 Å². The van der Waals surface area contributed by atoms with E-state index in [9.17, 15) is 4.79 Å². The molecule has 136 valence electrons. The Balaban J connectivity index is 1.36. The smallest absolute Gasteiger partial charge is 0.256 e. The van der Waals surface area contributed by atoms with E-state index in [4.69, 9.17) is 4.74 Å². The van der Waals surface area contributed by atoms with Gasteiger partial charge in [0.05, 0.1) is 46.2 Å². The van der Waals surface area contributed by atoms with Gasteiger partial charge in [-0.2, -0.15) is 0 Å². The lowest BCUT2D eigenvalue weighted by atomic mass is 9.96. The Bertz CT molecular complexity index is 1020. The van der Waals surface area contributed by atoms with E-state index >= 15 is 0 Å². The SMILES string of the molecule is O=C1c2c(C3=CCOCC3)ccnc2CN1CCc1nc2ccccc2s1. The lowest BCUT2D eigenvalue weighted by Crippen LogP contribution is -2.26. The second kappa shape index (κ2) is 6.87. The summed E-state index contributed by atoms with van der Waals surface area (Å²) in [5, 5.41) is 1.07. The zero-order valence-corrected chi connectivity index (χ0v) is 15.7. The zero-order chi connectivity index (χ0) is 18.2. The van der Waals surface area contributed by atoms with E-state index in [0.29, 0.717) is 26.3 Å². The van der Waals surface area contributed by atoms with Gasteiger partial charge in [0, 0.05) is 19.2 Å². The molecule has 4 heterocycles. The number of ether oxygens (including phenoxy) is 1. The van der Waals surface area contributed by atoms with Gasteiger partial charge in [0.15, 0.2) is 0 Å². The van der Waals surface area contributed by atoms with Crippen LogP contribution in [0.15, 0.2) is 42.6 Å². The summed E-state index contributed by atoms with van der Waals surface area (Å²) in [5.41, 5.74) is 4.91. The van der Waals surface area contributed by atoms with Crippen LogP contribution in [0.4, 0.5) is 0 Å². The van der Waals surface area contributed by atoms with Gasteiger partial charge in [-0.25, -0.2) is 4.98 Å². The quantitative estimate of drug-likeness (QED) is 0.696. The van der Waals surface area contributed by atoms with Gasteiger partial charge in [-0.3, -0.25) is 9.78 Å². The molecule has 1 aromatic carbocycles. The Morgan fingerprint density at radius 1 is 1.22 bits per heavy atom. The number of para-hydroxylation sites is 1. The molecule has 2 aliphatic heterocycles. The van der Waals surface area contributed by atoms with Crippen LogP contribution in [-0.4, -0.2) is 40.5 Å². The Kier molecular flexibility index (Phi) is 4.22. The standard InChI is InChI=1S/C21H19N3O2S/c25-21-20-15(14-7-11-26-12-8-14)5-9-22-17(20)13-24(21)10-6-19-23-16-3-1-2-4-18(16)27-19/h1-5,7,9H,6,8,10-13H2. The fraction of sp³-hybridized carbons (Fsp3) is 0.286. The van der Waals surface area contributed by atoms with Crippen molar-refractivity contribution in [1.82, 2.24) is 14.9 Å². The van der Waals surface area contributed by atoms with Gasteiger partial charge < -0.3 is 9.64 Å². The van der Waals surface area contributed by atoms with E-state index < -0.39 is 0 Å². The van der Waals surface area contributed by atoms with Crippen molar-refractivity contribution in [2.75, 3.05) is 19.8 Å². The van der Waals surface area contributed by atoms with Crippen molar-refractivity contribution in [2.45, 2.75) is 19.4 Å². The van der Waals surface area contributed by atoms with E-state index in [1.54, 1.807) is 11.3 Å². The number of nitrogens with zero attached hydrogens (tertiary/aromatic N) is 3. The predicted molar refractivity (Wildman–Crippen MR) is 106 cm³/mol. The molecule has 0 unspecified atom stereocenters. The van der Waals surface area contributed by atoms with E-state index in [0.717, 1.165) is 40.2 Å². The molecule has 5 rings (SSSR count). The highest BCUT2D eigenvalue weighted by molar-refractivity contribution is 7.18. The van der Waals surface area contributed by atoms with E-state index in [1.165, 1.54) is 10.3 Å². The molecule has 0 spiro atoms. The number of thiazole rings is 1. The lowest BCUT2D eigenvalue weighted by Gasteiger charge is -2.16. The maximum Gasteiger partial charge on any atom is 0.256 e. The molecule has 0 aliphatic carbocycles. The van der Waals surface area contributed by atoms with Gasteiger partial charge in [-0.1, -0.05) is 18.2 Å². The molecule has 27 heavy (non-hydrogen) atoms. The monoisotopic (exact) mass is 377 g/mol. The molecule has 3 aromatic rings. The van der Waals surface area contributed by atoms with Gasteiger partial charge >= 0.3 is 0 Å². The number of benzene rings is 1. The molecular weight excluding hydrogens is 358 g/mol. The van der Waals surface area contributed by atoms with Gasteiger partial charge in [0.1, 0.15) is 0 Å². The van der Waals surface area contributed by atoms with Crippen LogP contribution in [0.1, 0.15) is 33.0 Å². The Hall–Kier alpha value is -2.57. The average molecular weight is 377 g/mol. The number of aromatic nitrogens is 2. The normalized spacial score (nSPS) is 16.7. The van der Waals surface area contributed by atoms with Gasteiger partial charge in [0.25, 0.3) is 5.91 Å². The third kappa shape index (κ3) is 3.05. The minimum atomic E-state index is 0.0848. The number of fused-ring (bicyclic) bond motifs is 2. The maximum atomic E-state index is 13.1. The van der Waals surface area contributed by atoms with Crippen molar-refractivity contribution < 1.29 is 9.53 Å². The van der Waals surface area contributed by atoms with Crippen LogP contribution in [0, 0.1) is 0 Å². The largest absolute Gasteiger partial charge is 0.377 e. The minimum Gasteiger partial charge on any atom is -0.377 e. The highest BCUT2D eigenvalue weighted by Gasteiger charge is 2.31. The summed E-state index contributed by atoms with van der Waals surface area (Å²) in [6.45, 7) is 2.56. The first-order valence-electron chi connectivity index (χ1n) is 9.18. The highest BCUT2D eigenvalue weighted by Crippen LogP contribution is 2.31.